The number of hydrogen-bond donors (Lipinski definition) is 2. The smallest absolute Gasteiger partial charge is 0.161 e. The van der Waals surface area contributed by atoms with Crippen LogP contribution in [0.2, 0.25) is 0 Å². The minimum Gasteiger partial charge on any atom is -0.362 e. The summed E-state index contributed by atoms with van der Waals surface area (Å²) >= 11 is 0. The van der Waals surface area contributed by atoms with Crippen molar-refractivity contribution in [3.8, 4) is 0 Å². The van der Waals surface area contributed by atoms with Crippen LogP contribution in [0, 0.1) is 5.92 Å². The molecule has 0 saturated heterocycles. The molecular weight excluding hydrogens is 355 g/mol. The molecule has 3 N–H and O–H groups in total. The highest BCUT2D eigenvalue weighted by Gasteiger charge is 2.35. The molecule has 2 unspecified atom stereocenters. The number of fused-ring (bicyclic) bond motifs is 1. The molecule has 1 aliphatic carbocycles. The van der Waals surface area contributed by atoms with E-state index in [9.17, 15) is 0 Å². The summed E-state index contributed by atoms with van der Waals surface area (Å²) < 4.78 is 0. The zero-order valence-corrected chi connectivity index (χ0v) is 18.0. The van der Waals surface area contributed by atoms with Crippen molar-refractivity contribution in [1.82, 2.24) is 9.97 Å². The quantitative estimate of drug-likeness (QED) is 0.656. The van der Waals surface area contributed by atoms with E-state index in [2.05, 4.69) is 51.6 Å². The number of nitrogens with one attached hydrogen (secondary N) is 1. The average Bonchev–Trinajstić information content (AvgIpc) is 3.25. The molecule has 1 fully saturated rings. The number of nitrogens with zero attached hydrogens (tertiary/aromatic N) is 4. The molecule has 2 aliphatic rings. The zero-order valence-electron chi connectivity index (χ0n) is 17.1. The van der Waals surface area contributed by atoms with E-state index in [1.54, 1.807) is 6.33 Å². The van der Waals surface area contributed by atoms with Crippen molar-refractivity contribution in [2.24, 2.45) is 11.4 Å². The van der Waals surface area contributed by atoms with Crippen LogP contribution >= 0.6 is 7.04 Å². The van der Waals surface area contributed by atoms with Crippen LogP contribution < -0.4 is 20.6 Å². The standard InChI is InChI=1S/C20H35N6P/c1-6-7-15(2)25(3)19-18-20(23-13-22-19)26(14-24-18)17-9-8-16(12-17)10-11-27(4,5)21/h13,16-17,24H,2,4,6-12,14,21H2,1,3,5H3/t16?,17-,27?/m0/s1. The Morgan fingerprint density at radius 3 is 2.93 bits per heavy atom. The van der Waals surface area contributed by atoms with E-state index in [1.807, 2.05) is 7.05 Å². The van der Waals surface area contributed by atoms with E-state index in [1.165, 1.54) is 25.7 Å². The van der Waals surface area contributed by atoms with Gasteiger partial charge < -0.3 is 20.6 Å². The van der Waals surface area contributed by atoms with Gasteiger partial charge in [-0.1, -0.05) is 33.3 Å². The third-order valence-corrected chi connectivity index (χ3v) is 7.12. The lowest BCUT2D eigenvalue weighted by Crippen LogP contribution is -2.33. The van der Waals surface area contributed by atoms with Gasteiger partial charge in [0.1, 0.15) is 12.0 Å². The third-order valence-electron chi connectivity index (χ3n) is 5.84. The first-order chi connectivity index (χ1) is 12.8. The number of aromatic nitrogens is 2. The van der Waals surface area contributed by atoms with Gasteiger partial charge in [-0.15, -0.1) is 0 Å². The van der Waals surface area contributed by atoms with E-state index in [4.69, 9.17) is 5.50 Å². The lowest BCUT2D eigenvalue weighted by Gasteiger charge is -2.26. The number of nitrogens with two attached hydrogens (primary N) is 1. The predicted molar refractivity (Wildman–Crippen MR) is 120 cm³/mol. The highest BCUT2D eigenvalue weighted by molar-refractivity contribution is 7.70. The van der Waals surface area contributed by atoms with E-state index in [0.717, 1.165) is 54.6 Å². The van der Waals surface area contributed by atoms with E-state index in [-0.39, 0.29) is 0 Å². The molecule has 0 spiro atoms. The Morgan fingerprint density at radius 1 is 1.44 bits per heavy atom. The molecule has 6 nitrogen and oxygen atoms in total. The molecule has 2 heterocycles. The summed E-state index contributed by atoms with van der Waals surface area (Å²) in [6, 6.07) is 0.544. The number of allylic oxidation sites excluding steroid dienone is 1. The number of hydrogen-bond acceptors (Lipinski definition) is 6. The molecule has 3 atom stereocenters. The van der Waals surface area contributed by atoms with Crippen molar-refractivity contribution < 1.29 is 0 Å². The van der Waals surface area contributed by atoms with Gasteiger partial charge in [-0.2, -0.15) is 0 Å². The molecule has 7 heteroatoms. The molecule has 1 aromatic heterocycles. The van der Waals surface area contributed by atoms with Crippen LogP contribution in [-0.2, 0) is 0 Å². The molecular formula is C20H35N6P. The molecule has 0 bridgehead atoms. The lowest BCUT2D eigenvalue weighted by atomic mass is 10.1. The predicted octanol–water partition coefficient (Wildman–Crippen LogP) is 3.93. The summed E-state index contributed by atoms with van der Waals surface area (Å²) in [7, 11) is 0.634. The molecule has 0 aromatic carbocycles. The first-order valence-electron chi connectivity index (χ1n) is 10.1. The molecule has 3 rings (SSSR count). The van der Waals surface area contributed by atoms with Crippen LogP contribution in [0.4, 0.5) is 17.3 Å². The summed E-state index contributed by atoms with van der Waals surface area (Å²) in [5.74, 6) is 2.73. The van der Waals surface area contributed by atoms with Gasteiger partial charge in [0.15, 0.2) is 11.6 Å². The highest BCUT2D eigenvalue weighted by atomic mass is 31.2. The first kappa shape index (κ1) is 20.2. The third kappa shape index (κ3) is 4.67. The number of anilines is 3. The fourth-order valence-corrected chi connectivity index (χ4v) is 5.17. The second kappa shape index (κ2) is 8.24. The lowest BCUT2D eigenvalue weighted by molar-refractivity contribution is 0.515. The maximum absolute atomic E-state index is 6.18. The van der Waals surface area contributed by atoms with E-state index < -0.39 is 7.04 Å². The van der Waals surface area contributed by atoms with Gasteiger partial charge >= 0.3 is 0 Å². The molecule has 0 radical (unpaired) electrons. The average molecular weight is 391 g/mol. The van der Waals surface area contributed by atoms with Gasteiger partial charge in [-0.05, 0) is 50.8 Å². The molecule has 1 saturated carbocycles. The van der Waals surface area contributed by atoms with Crippen molar-refractivity contribution in [2.75, 3.05) is 41.7 Å². The van der Waals surface area contributed by atoms with Gasteiger partial charge in [-0.25, -0.2) is 9.97 Å². The molecule has 1 aromatic rings. The summed E-state index contributed by atoms with van der Waals surface area (Å²) in [5.41, 5.74) is 8.30. The molecule has 1 aliphatic heterocycles. The Balaban J connectivity index is 1.70. The van der Waals surface area contributed by atoms with Gasteiger partial charge in [-0.3, -0.25) is 0 Å². The fraction of sp³-hybridized carbons (Fsp3) is 0.650. The van der Waals surface area contributed by atoms with Crippen molar-refractivity contribution in [3.63, 3.8) is 0 Å². The first-order valence-corrected chi connectivity index (χ1v) is 12.7. The van der Waals surface area contributed by atoms with Crippen molar-refractivity contribution in [1.29, 1.82) is 0 Å². The summed E-state index contributed by atoms with van der Waals surface area (Å²) in [6.07, 6.45) is 13.9. The summed E-state index contributed by atoms with van der Waals surface area (Å²) in [5, 5.41) is 3.54. The molecule has 27 heavy (non-hydrogen) atoms. The minimum atomic E-state index is -1.41. The van der Waals surface area contributed by atoms with Crippen LogP contribution in [0.1, 0.15) is 45.4 Å². The van der Waals surface area contributed by atoms with Crippen LogP contribution in [0.15, 0.2) is 18.6 Å². The SMILES string of the molecule is C=C(CCC)N(C)c1ncnc2c1NCN2[C@H]1CCC(CCP(=C)(C)N)C1. The Kier molecular flexibility index (Phi) is 6.17. The van der Waals surface area contributed by atoms with Gasteiger partial charge in [0.2, 0.25) is 0 Å². The summed E-state index contributed by atoms with van der Waals surface area (Å²) in [6.45, 7) is 9.31. The molecule has 0 amide bonds. The topological polar surface area (TPSA) is 70.3 Å². The second-order valence-electron chi connectivity index (χ2n) is 8.40. The van der Waals surface area contributed by atoms with Crippen molar-refractivity contribution >= 4 is 30.7 Å². The Hall–Kier alpha value is -1.52. The Morgan fingerprint density at radius 2 is 2.22 bits per heavy atom. The van der Waals surface area contributed by atoms with Crippen LogP contribution in [0.5, 0.6) is 0 Å². The monoisotopic (exact) mass is 390 g/mol. The molecule has 150 valence electrons. The fourth-order valence-electron chi connectivity index (χ4n) is 4.22. The largest absolute Gasteiger partial charge is 0.362 e. The van der Waals surface area contributed by atoms with Crippen LogP contribution in [0.25, 0.3) is 0 Å². The van der Waals surface area contributed by atoms with E-state index in [0.29, 0.717) is 6.04 Å². The van der Waals surface area contributed by atoms with Crippen molar-refractivity contribution in [3.05, 3.63) is 18.6 Å². The highest BCUT2D eigenvalue weighted by Crippen LogP contribution is 2.43. The van der Waals surface area contributed by atoms with Gasteiger partial charge in [0.25, 0.3) is 0 Å². The second-order valence-corrected chi connectivity index (χ2v) is 11.8. The van der Waals surface area contributed by atoms with Crippen LogP contribution in [0.3, 0.4) is 0 Å². The van der Waals surface area contributed by atoms with Gasteiger partial charge in [0.05, 0.1) is 6.67 Å². The Labute approximate surface area is 164 Å². The summed E-state index contributed by atoms with van der Waals surface area (Å²) in [4.78, 5) is 13.7. The maximum Gasteiger partial charge on any atom is 0.161 e. The van der Waals surface area contributed by atoms with Gasteiger partial charge in [0, 0.05) is 18.8 Å². The zero-order chi connectivity index (χ0) is 19.6. The number of rotatable bonds is 8. The Bertz CT molecular complexity index is 727. The minimum absolute atomic E-state index is 0.544. The van der Waals surface area contributed by atoms with E-state index >= 15 is 0 Å². The van der Waals surface area contributed by atoms with Crippen molar-refractivity contribution in [2.45, 2.75) is 51.5 Å². The normalized spacial score (nSPS) is 23.6. The maximum atomic E-state index is 6.18. The van der Waals surface area contributed by atoms with Crippen LogP contribution in [-0.4, -0.2) is 48.9 Å².